The highest BCUT2D eigenvalue weighted by atomic mass is 79.9. The summed E-state index contributed by atoms with van der Waals surface area (Å²) in [6.07, 6.45) is 3.25. The van der Waals surface area contributed by atoms with Crippen molar-refractivity contribution >= 4 is 39.3 Å². The van der Waals surface area contributed by atoms with E-state index in [0.717, 1.165) is 14.7 Å². The fourth-order valence-electron chi connectivity index (χ4n) is 0.929. The third kappa shape index (κ3) is 2.50. The van der Waals surface area contributed by atoms with Gasteiger partial charge in [-0.1, -0.05) is 11.6 Å². The van der Waals surface area contributed by atoms with Crippen LogP contribution in [0.3, 0.4) is 0 Å². The second-order valence-electron chi connectivity index (χ2n) is 2.77. The van der Waals surface area contributed by atoms with E-state index in [-0.39, 0.29) is 0 Å². The average Bonchev–Trinajstić information content (AvgIpc) is 2.57. The van der Waals surface area contributed by atoms with Crippen LogP contribution in [0, 0.1) is 0 Å². The van der Waals surface area contributed by atoms with Gasteiger partial charge in [0.15, 0.2) is 5.16 Å². The number of hydrogen-bond acceptors (Lipinski definition) is 4. The van der Waals surface area contributed by atoms with E-state index in [4.69, 9.17) is 11.6 Å². The monoisotopic (exact) mass is 304 g/mol. The van der Waals surface area contributed by atoms with E-state index in [0.29, 0.717) is 5.02 Å². The van der Waals surface area contributed by atoms with Crippen LogP contribution in [0.1, 0.15) is 0 Å². The van der Waals surface area contributed by atoms with Crippen molar-refractivity contribution in [3.05, 3.63) is 28.1 Å². The van der Waals surface area contributed by atoms with Gasteiger partial charge in [0.05, 0.1) is 9.50 Å². The Kier molecular flexibility index (Phi) is 3.28. The molecule has 0 aliphatic carbocycles. The molecule has 0 saturated heterocycles. The minimum absolute atomic E-state index is 0.601. The predicted octanol–water partition coefficient (Wildman–Crippen LogP) is 2.78. The van der Waals surface area contributed by atoms with Crippen molar-refractivity contribution in [2.75, 3.05) is 0 Å². The van der Waals surface area contributed by atoms with Crippen LogP contribution in [0.2, 0.25) is 5.02 Å². The van der Waals surface area contributed by atoms with Gasteiger partial charge in [0, 0.05) is 13.2 Å². The lowest BCUT2D eigenvalue weighted by atomic mass is 10.5. The van der Waals surface area contributed by atoms with E-state index in [1.807, 2.05) is 11.6 Å². The minimum Gasteiger partial charge on any atom is -0.311 e. The number of hydrogen-bond donors (Lipinski definition) is 0. The highest BCUT2D eigenvalue weighted by Crippen LogP contribution is 2.31. The standard InChI is InChI=1S/C8H6BrClN4S/c1-14-4-12-13-8(14)15-7-6(9)2-5(10)3-11-7/h2-4H,1H3. The summed E-state index contributed by atoms with van der Waals surface area (Å²) in [5.41, 5.74) is 0. The largest absolute Gasteiger partial charge is 0.311 e. The molecule has 0 fully saturated rings. The summed E-state index contributed by atoms with van der Waals surface area (Å²) in [6, 6.07) is 1.80. The van der Waals surface area contributed by atoms with Gasteiger partial charge in [0.1, 0.15) is 11.4 Å². The first kappa shape index (κ1) is 10.9. The number of rotatable bonds is 2. The lowest BCUT2D eigenvalue weighted by Gasteiger charge is -2.02. The summed E-state index contributed by atoms with van der Waals surface area (Å²) in [5.74, 6) is 0. The normalized spacial score (nSPS) is 10.6. The number of aryl methyl sites for hydroxylation is 1. The van der Waals surface area contributed by atoms with Crippen molar-refractivity contribution in [1.82, 2.24) is 19.7 Å². The molecule has 0 bridgehead atoms. The van der Waals surface area contributed by atoms with Crippen LogP contribution in [-0.2, 0) is 7.05 Å². The van der Waals surface area contributed by atoms with E-state index in [1.165, 1.54) is 11.8 Å². The molecule has 0 aliphatic heterocycles. The molecule has 0 aliphatic rings. The van der Waals surface area contributed by atoms with E-state index >= 15 is 0 Å². The zero-order valence-electron chi connectivity index (χ0n) is 7.69. The van der Waals surface area contributed by atoms with E-state index < -0.39 is 0 Å². The zero-order valence-corrected chi connectivity index (χ0v) is 10.8. The van der Waals surface area contributed by atoms with Gasteiger partial charge in [-0.05, 0) is 33.8 Å². The lowest BCUT2D eigenvalue weighted by Crippen LogP contribution is -1.90. The second kappa shape index (κ2) is 4.51. The first-order valence-corrected chi connectivity index (χ1v) is 5.98. The second-order valence-corrected chi connectivity index (χ2v) is 5.01. The van der Waals surface area contributed by atoms with Crippen molar-refractivity contribution in [1.29, 1.82) is 0 Å². The van der Waals surface area contributed by atoms with E-state index in [1.54, 1.807) is 18.6 Å². The predicted molar refractivity (Wildman–Crippen MR) is 62.1 cm³/mol. The van der Waals surface area contributed by atoms with Crippen molar-refractivity contribution < 1.29 is 0 Å². The van der Waals surface area contributed by atoms with Crippen molar-refractivity contribution in [3.8, 4) is 0 Å². The zero-order chi connectivity index (χ0) is 10.8. The maximum Gasteiger partial charge on any atom is 0.197 e. The fourth-order valence-corrected chi connectivity index (χ4v) is 2.52. The summed E-state index contributed by atoms with van der Waals surface area (Å²) in [7, 11) is 1.88. The molecule has 0 atom stereocenters. The Hall–Kier alpha value is -0.590. The molecule has 2 aromatic rings. The van der Waals surface area contributed by atoms with Crippen LogP contribution >= 0.6 is 39.3 Å². The molecule has 78 valence electrons. The van der Waals surface area contributed by atoms with Crippen LogP contribution in [0.15, 0.2) is 33.2 Å². The maximum atomic E-state index is 5.80. The number of halogens is 2. The van der Waals surface area contributed by atoms with Gasteiger partial charge in [-0.3, -0.25) is 0 Å². The SMILES string of the molecule is Cn1cnnc1Sc1ncc(Cl)cc1Br. The first-order valence-electron chi connectivity index (χ1n) is 3.99. The molecule has 2 rings (SSSR count). The molecule has 2 heterocycles. The van der Waals surface area contributed by atoms with Crippen molar-refractivity contribution in [2.45, 2.75) is 10.2 Å². The number of aromatic nitrogens is 4. The van der Waals surface area contributed by atoms with Gasteiger partial charge >= 0.3 is 0 Å². The maximum absolute atomic E-state index is 5.80. The molecule has 7 heteroatoms. The summed E-state index contributed by atoms with van der Waals surface area (Å²) in [4.78, 5) is 4.20. The van der Waals surface area contributed by atoms with Crippen LogP contribution in [0.25, 0.3) is 0 Å². The number of pyridine rings is 1. The molecule has 0 unspecified atom stereocenters. The molecule has 2 aromatic heterocycles. The molecule has 0 aromatic carbocycles. The summed E-state index contributed by atoms with van der Waals surface area (Å²) in [5, 5.41) is 9.94. The Balaban J connectivity index is 2.29. The molecular formula is C8H6BrClN4S. The Bertz CT molecular complexity index is 487. The number of nitrogens with zero attached hydrogens (tertiary/aromatic N) is 4. The van der Waals surface area contributed by atoms with Gasteiger partial charge in [-0.2, -0.15) is 0 Å². The molecule has 0 amide bonds. The molecule has 0 N–H and O–H groups in total. The average molecular weight is 306 g/mol. The first-order chi connectivity index (χ1) is 7.16. The highest BCUT2D eigenvalue weighted by molar-refractivity contribution is 9.10. The molecule has 0 spiro atoms. The van der Waals surface area contributed by atoms with Crippen molar-refractivity contribution in [2.24, 2.45) is 7.05 Å². The topological polar surface area (TPSA) is 43.6 Å². The lowest BCUT2D eigenvalue weighted by molar-refractivity contribution is 0.787. The fraction of sp³-hybridized carbons (Fsp3) is 0.125. The van der Waals surface area contributed by atoms with Gasteiger partial charge in [-0.25, -0.2) is 4.98 Å². The Morgan fingerprint density at radius 3 is 2.93 bits per heavy atom. The smallest absolute Gasteiger partial charge is 0.197 e. The van der Waals surface area contributed by atoms with Crippen LogP contribution < -0.4 is 0 Å². The Labute approximate surface area is 104 Å². The Morgan fingerprint density at radius 1 is 1.53 bits per heavy atom. The summed E-state index contributed by atoms with van der Waals surface area (Å²) in [6.45, 7) is 0. The van der Waals surface area contributed by atoms with Crippen LogP contribution in [-0.4, -0.2) is 19.7 Å². The molecule has 0 saturated carbocycles. The molecular weight excluding hydrogens is 300 g/mol. The van der Waals surface area contributed by atoms with Gasteiger partial charge in [-0.15, -0.1) is 10.2 Å². The summed E-state index contributed by atoms with van der Waals surface area (Å²) < 4.78 is 2.68. The molecule has 0 radical (unpaired) electrons. The third-order valence-electron chi connectivity index (χ3n) is 1.63. The minimum atomic E-state index is 0.601. The summed E-state index contributed by atoms with van der Waals surface area (Å²) >= 11 is 10.6. The van der Waals surface area contributed by atoms with Crippen molar-refractivity contribution in [3.63, 3.8) is 0 Å². The highest BCUT2D eigenvalue weighted by Gasteiger charge is 2.08. The van der Waals surface area contributed by atoms with Gasteiger partial charge in [0.25, 0.3) is 0 Å². The van der Waals surface area contributed by atoms with Crippen LogP contribution in [0.4, 0.5) is 0 Å². The van der Waals surface area contributed by atoms with Gasteiger partial charge in [0.2, 0.25) is 0 Å². The van der Waals surface area contributed by atoms with E-state index in [2.05, 4.69) is 31.1 Å². The quantitative estimate of drug-likeness (QED) is 0.856. The van der Waals surface area contributed by atoms with E-state index in [9.17, 15) is 0 Å². The molecule has 4 nitrogen and oxygen atoms in total. The molecule has 15 heavy (non-hydrogen) atoms. The van der Waals surface area contributed by atoms with Crippen LogP contribution in [0.5, 0.6) is 0 Å². The third-order valence-corrected chi connectivity index (χ3v) is 3.78. The Morgan fingerprint density at radius 2 is 2.33 bits per heavy atom. The van der Waals surface area contributed by atoms with Gasteiger partial charge < -0.3 is 4.57 Å².